The Morgan fingerprint density at radius 1 is 1.62 bits per heavy atom. The standard InChI is InChI=1S/C13H15N3O5/c1-8-3-4-9(5-11(8)16(18)19)10-6-13(7-14,21-15-10)12(17)20-2/h3-5H,6-7,14H2,1-2H3. The molecular weight excluding hydrogens is 278 g/mol. The Morgan fingerprint density at radius 2 is 2.33 bits per heavy atom. The molecule has 1 aromatic carbocycles. The number of methoxy groups -OCH3 is 1. The van der Waals surface area contributed by atoms with Gasteiger partial charge in [0.25, 0.3) is 11.3 Å². The highest BCUT2D eigenvalue weighted by molar-refractivity contribution is 6.05. The van der Waals surface area contributed by atoms with Gasteiger partial charge in [-0.1, -0.05) is 17.3 Å². The highest BCUT2D eigenvalue weighted by Crippen LogP contribution is 2.29. The van der Waals surface area contributed by atoms with E-state index in [1.807, 2.05) is 0 Å². The van der Waals surface area contributed by atoms with Gasteiger partial charge in [0.2, 0.25) is 0 Å². The van der Waals surface area contributed by atoms with Crippen LogP contribution >= 0.6 is 0 Å². The van der Waals surface area contributed by atoms with Crippen LogP contribution in [0, 0.1) is 17.0 Å². The van der Waals surface area contributed by atoms with E-state index in [4.69, 9.17) is 10.6 Å². The maximum atomic E-state index is 11.8. The van der Waals surface area contributed by atoms with Crippen LogP contribution in [0.4, 0.5) is 5.69 Å². The predicted octanol–water partition coefficient (Wildman–Crippen LogP) is 0.898. The molecule has 1 aromatic rings. The van der Waals surface area contributed by atoms with Crippen LogP contribution in [0.2, 0.25) is 0 Å². The summed E-state index contributed by atoms with van der Waals surface area (Å²) in [4.78, 5) is 27.4. The van der Waals surface area contributed by atoms with E-state index in [0.29, 0.717) is 16.8 Å². The van der Waals surface area contributed by atoms with E-state index in [2.05, 4.69) is 9.89 Å². The van der Waals surface area contributed by atoms with E-state index in [9.17, 15) is 14.9 Å². The van der Waals surface area contributed by atoms with Crippen LogP contribution in [-0.4, -0.2) is 35.9 Å². The number of ether oxygens (including phenoxy) is 1. The Kier molecular flexibility index (Phi) is 3.90. The van der Waals surface area contributed by atoms with Crippen molar-refractivity contribution in [3.05, 3.63) is 39.4 Å². The molecule has 1 aliphatic rings. The number of nitro groups is 1. The van der Waals surface area contributed by atoms with Gasteiger partial charge in [-0.05, 0) is 6.92 Å². The molecule has 0 bridgehead atoms. The Hall–Kier alpha value is -2.48. The number of nitrogens with two attached hydrogens (primary N) is 1. The maximum Gasteiger partial charge on any atom is 0.354 e. The van der Waals surface area contributed by atoms with Crippen molar-refractivity contribution < 1.29 is 19.3 Å². The monoisotopic (exact) mass is 293 g/mol. The first-order chi connectivity index (χ1) is 9.93. The van der Waals surface area contributed by atoms with Crippen LogP contribution in [0.5, 0.6) is 0 Å². The van der Waals surface area contributed by atoms with E-state index in [1.54, 1.807) is 19.1 Å². The fourth-order valence-electron chi connectivity index (χ4n) is 2.11. The van der Waals surface area contributed by atoms with Crippen LogP contribution in [0.3, 0.4) is 0 Å². The molecular formula is C13H15N3O5. The third kappa shape index (κ3) is 2.57. The number of carbonyl (C=O) groups is 1. The Morgan fingerprint density at radius 3 is 2.90 bits per heavy atom. The van der Waals surface area contributed by atoms with E-state index >= 15 is 0 Å². The van der Waals surface area contributed by atoms with Crippen molar-refractivity contribution in [3.8, 4) is 0 Å². The van der Waals surface area contributed by atoms with E-state index in [0.717, 1.165) is 0 Å². The van der Waals surface area contributed by atoms with Gasteiger partial charge in [-0.15, -0.1) is 0 Å². The van der Waals surface area contributed by atoms with Crippen molar-refractivity contribution in [2.45, 2.75) is 18.9 Å². The van der Waals surface area contributed by atoms with Crippen LogP contribution in [0.15, 0.2) is 23.4 Å². The molecule has 2 rings (SSSR count). The molecule has 1 aliphatic heterocycles. The summed E-state index contributed by atoms with van der Waals surface area (Å²) in [6.07, 6.45) is 0.108. The predicted molar refractivity (Wildman–Crippen MR) is 73.9 cm³/mol. The number of esters is 1. The second-order valence-electron chi connectivity index (χ2n) is 4.75. The molecule has 0 saturated heterocycles. The molecule has 0 aliphatic carbocycles. The lowest BCUT2D eigenvalue weighted by atomic mass is 9.93. The van der Waals surface area contributed by atoms with Crippen molar-refractivity contribution in [3.63, 3.8) is 0 Å². The largest absolute Gasteiger partial charge is 0.466 e. The quantitative estimate of drug-likeness (QED) is 0.500. The molecule has 112 valence electrons. The van der Waals surface area contributed by atoms with Crippen LogP contribution < -0.4 is 5.73 Å². The van der Waals surface area contributed by atoms with Crippen LogP contribution in [0.25, 0.3) is 0 Å². The SMILES string of the molecule is COC(=O)C1(CN)CC(c2ccc(C)c([N+](=O)[O-])c2)=NO1. The number of hydrogen-bond donors (Lipinski definition) is 1. The van der Waals surface area contributed by atoms with Gasteiger partial charge in [-0.2, -0.15) is 0 Å². The lowest BCUT2D eigenvalue weighted by Gasteiger charge is -2.21. The molecule has 8 nitrogen and oxygen atoms in total. The smallest absolute Gasteiger partial charge is 0.354 e. The lowest BCUT2D eigenvalue weighted by Crippen LogP contribution is -2.46. The number of oxime groups is 1. The zero-order valence-corrected chi connectivity index (χ0v) is 11.7. The van der Waals surface area contributed by atoms with E-state index in [-0.39, 0.29) is 18.7 Å². The second kappa shape index (κ2) is 5.49. The van der Waals surface area contributed by atoms with Gasteiger partial charge < -0.3 is 15.3 Å². The van der Waals surface area contributed by atoms with Crippen LogP contribution in [-0.2, 0) is 14.4 Å². The molecule has 0 fully saturated rings. The fourth-order valence-corrected chi connectivity index (χ4v) is 2.11. The number of benzene rings is 1. The number of carbonyl (C=O) groups excluding carboxylic acids is 1. The summed E-state index contributed by atoms with van der Waals surface area (Å²) in [5, 5.41) is 14.8. The van der Waals surface area contributed by atoms with Crippen molar-refractivity contribution in [1.29, 1.82) is 0 Å². The molecule has 0 saturated carbocycles. The zero-order valence-electron chi connectivity index (χ0n) is 11.7. The molecule has 0 spiro atoms. The van der Waals surface area contributed by atoms with Gasteiger partial charge in [0.1, 0.15) is 0 Å². The third-order valence-electron chi connectivity index (χ3n) is 3.41. The normalized spacial score (nSPS) is 20.6. The molecule has 0 radical (unpaired) electrons. The molecule has 0 aromatic heterocycles. The van der Waals surface area contributed by atoms with Crippen LogP contribution in [0.1, 0.15) is 17.5 Å². The Balaban J connectivity index is 2.31. The first-order valence-corrected chi connectivity index (χ1v) is 6.22. The molecule has 1 heterocycles. The average Bonchev–Trinajstić information content (AvgIpc) is 2.92. The summed E-state index contributed by atoms with van der Waals surface area (Å²) in [6.45, 7) is 1.55. The number of nitrogens with zero attached hydrogens (tertiary/aromatic N) is 2. The number of hydrogen-bond acceptors (Lipinski definition) is 7. The summed E-state index contributed by atoms with van der Waals surface area (Å²) in [6, 6.07) is 4.71. The Labute approximate surface area is 120 Å². The minimum atomic E-state index is -1.36. The first kappa shape index (κ1) is 14.9. The van der Waals surface area contributed by atoms with Gasteiger partial charge in [0.05, 0.1) is 17.7 Å². The molecule has 1 unspecified atom stereocenters. The second-order valence-corrected chi connectivity index (χ2v) is 4.75. The van der Waals surface area contributed by atoms with E-state index < -0.39 is 16.5 Å². The number of aryl methyl sites for hydroxylation is 1. The average molecular weight is 293 g/mol. The van der Waals surface area contributed by atoms with Gasteiger partial charge in [-0.3, -0.25) is 10.1 Å². The molecule has 21 heavy (non-hydrogen) atoms. The van der Waals surface area contributed by atoms with Crippen molar-refractivity contribution >= 4 is 17.4 Å². The van der Waals surface area contributed by atoms with Crippen molar-refractivity contribution in [2.75, 3.05) is 13.7 Å². The topological polar surface area (TPSA) is 117 Å². The minimum Gasteiger partial charge on any atom is -0.466 e. The summed E-state index contributed by atoms with van der Waals surface area (Å²) in [5.41, 5.74) is 5.70. The zero-order chi connectivity index (χ0) is 15.6. The molecule has 8 heteroatoms. The number of nitro benzene ring substituents is 1. The van der Waals surface area contributed by atoms with E-state index in [1.165, 1.54) is 13.2 Å². The summed E-state index contributed by atoms with van der Waals surface area (Å²) in [5.74, 6) is -0.620. The molecule has 2 N–H and O–H groups in total. The van der Waals surface area contributed by atoms with Gasteiger partial charge in [-0.25, -0.2) is 4.79 Å². The van der Waals surface area contributed by atoms with Gasteiger partial charge in [0.15, 0.2) is 0 Å². The van der Waals surface area contributed by atoms with Gasteiger partial charge >= 0.3 is 5.97 Å². The first-order valence-electron chi connectivity index (χ1n) is 6.22. The molecule has 1 atom stereocenters. The Bertz CT molecular complexity index is 628. The fraction of sp³-hybridized carbons (Fsp3) is 0.385. The minimum absolute atomic E-state index is 0.0153. The highest BCUT2D eigenvalue weighted by atomic mass is 16.7. The number of rotatable bonds is 4. The third-order valence-corrected chi connectivity index (χ3v) is 3.41. The maximum absolute atomic E-state index is 11.8. The van der Waals surface area contributed by atoms with Gasteiger partial charge in [0, 0.05) is 30.2 Å². The summed E-state index contributed by atoms with van der Waals surface area (Å²) in [7, 11) is 1.23. The summed E-state index contributed by atoms with van der Waals surface area (Å²) < 4.78 is 4.67. The summed E-state index contributed by atoms with van der Waals surface area (Å²) >= 11 is 0. The van der Waals surface area contributed by atoms with Crippen molar-refractivity contribution in [1.82, 2.24) is 0 Å². The lowest BCUT2D eigenvalue weighted by molar-refractivity contribution is -0.385. The van der Waals surface area contributed by atoms with Crippen molar-refractivity contribution in [2.24, 2.45) is 10.9 Å². The molecule has 0 amide bonds. The highest BCUT2D eigenvalue weighted by Gasteiger charge is 2.47.